The van der Waals surface area contributed by atoms with E-state index in [0.717, 1.165) is 16.7 Å². The van der Waals surface area contributed by atoms with Crippen molar-refractivity contribution in [3.63, 3.8) is 0 Å². The highest BCUT2D eigenvalue weighted by Gasteiger charge is 2.23. The standard InChI is InChI=1S/C18H21N3O4/c1-12-7-13(2)9-14(8-12)11-25-18(24)20-4-3-16-19-10-15(17(22)23)21(16)6-5-20/h7-10H,3-6,11H2,1-2H3,(H,22,23). The first-order valence-corrected chi connectivity index (χ1v) is 8.20. The Morgan fingerprint density at radius 2 is 1.88 bits per heavy atom. The third kappa shape index (κ3) is 3.81. The molecule has 7 nitrogen and oxygen atoms in total. The number of nitrogens with zero attached hydrogens (tertiary/aromatic N) is 3. The SMILES string of the molecule is Cc1cc(C)cc(COC(=O)N2CCc3ncc(C(=O)O)n3CC2)c1. The lowest BCUT2D eigenvalue weighted by Gasteiger charge is -2.19. The van der Waals surface area contributed by atoms with Gasteiger partial charge in [0.2, 0.25) is 0 Å². The molecule has 0 spiro atoms. The molecule has 1 aromatic heterocycles. The molecule has 0 radical (unpaired) electrons. The molecule has 0 unspecified atom stereocenters. The summed E-state index contributed by atoms with van der Waals surface area (Å²) in [6.07, 6.45) is 1.49. The quantitative estimate of drug-likeness (QED) is 0.925. The molecule has 2 heterocycles. The zero-order valence-electron chi connectivity index (χ0n) is 14.4. The number of carboxylic acids is 1. The Bertz CT molecular complexity index is 792. The molecule has 0 saturated heterocycles. The van der Waals surface area contributed by atoms with Crippen molar-refractivity contribution in [2.75, 3.05) is 13.1 Å². The fourth-order valence-corrected chi connectivity index (χ4v) is 3.17. The Labute approximate surface area is 145 Å². The molecule has 1 amide bonds. The molecule has 0 bridgehead atoms. The third-order valence-electron chi connectivity index (χ3n) is 4.26. The molecule has 132 valence electrons. The summed E-state index contributed by atoms with van der Waals surface area (Å²) >= 11 is 0. The average molecular weight is 343 g/mol. The van der Waals surface area contributed by atoms with E-state index in [1.54, 1.807) is 9.47 Å². The number of amides is 1. The number of hydrogen-bond donors (Lipinski definition) is 1. The monoisotopic (exact) mass is 343 g/mol. The van der Waals surface area contributed by atoms with Crippen LogP contribution in [0.1, 0.15) is 33.0 Å². The number of carboxylic acid groups (broad SMARTS) is 1. The van der Waals surface area contributed by atoms with Gasteiger partial charge in [0, 0.05) is 26.1 Å². The Balaban J connectivity index is 1.61. The lowest BCUT2D eigenvalue weighted by atomic mass is 10.1. The van der Waals surface area contributed by atoms with Gasteiger partial charge in [0.1, 0.15) is 18.1 Å². The molecule has 1 aromatic carbocycles. The van der Waals surface area contributed by atoms with Crippen molar-refractivity contribution in [1.82, 2.24) is 14.5 Å². The van der Waals surface area contributed by atoms with Crippen LogP contribution in [0.4, 0.5) is 4.79 Å². The maximum absolute atomic E-state index is 12.3. The molecule has 0 aliphatic carbocycles. The molecular formula is C18H21N3O4. The van der Waals surface area contributed by atoms with Gasteiger partial charge < -0.3 is 19.3 Å². The van der Waals surface area contributed by atoms with Crippen molar-refractivity contribution in [2.24, 2.45) is 0 Å². The molecule has 0 atom stereocenters. The second-order valence-electron chi connectivity index (χ2n) is 6.30. The molecule has 0 saturated carbocycles. The zero-order chi connectivity index (χ0) is 18.0. The van der Waals surface area contributed by atoms with E-state index in [0.29, 0.717) is 31.9 Å². The van der Waals surface area contributed by atoms with Gasteiger partial charge in [-0.1, -0.05) is 29.3 Å². The number of carbonyl (C=O) groups excluding carboxylic acids is 1. The minimum absolute atomic E-state index is 0.153. The number of rotatable bonds is 3. The van der Waals surface area contributed by atoms with Gasteiger partial charge in [0.05, 0.1) is 6.20 Å². The molecule has 1 N–H and O–H groups in total. The second-order valence-corrected chi connectivity index (χ2v) is 6.30. The number of benzene rings is 1. The summed E-state index contributed by atoms with van der Waals surface area (Å²) in [6, 6.07) is 6.07. The fraction of sp³-hybridized carbons (Fsp3) is 0.389. The van der Waals surface area contributed by atoms with E-state index in [2.05, 4.69) is 11.1 Å². The summed E-state index contributed by atoms with van der Waals surface area (Å²) in [7, 11) is 0. The largest absolute Gasteiger partial charge is 0.477 e. The maximum Gasteiger partial charge on any atom is 0.410 e. The summed E-state index contributed by atoms with van der Waals surface area (Å²) in [4.78, 5) is 29.3. The highest BCUT2D eigenvalue weighted by Crippen LogP contribution is 2.14. The van der Waals surface area contributed by atoms with Gasteiger partial charge in [-0.2, -0.15) is 0 Å². The van der Waals surface area contributed by atoms with Crippen molar-refractivity contribution >= 4 is 12.1 Å². The lowest BCUT2D eigenvalue weighted by Crippen LogP contribution is -2.34. The van der Waals surface area contributed by atoms with Gasteiger partial charge in [0.15, 0.2) is 0 Å². The smallest absolute Gasteiger partial charge is 0.410 e. The van der Waals surface area contributed by atoms with Gasteiger partial charge in [-0.15, -0.1) is 0 Å². The molecule has 7 heteroatoms. The predicted octanol–water partition coefficient (Wildman–Crippen LogP) is 2.39. The van der Waals surface area contributed by atoms with E-state index >= 15 is 0 Å². The Morgan fingerprint density at radius 3 is 2.56 bits per heavy atom. The number of aryl methyl sites for hydroxylation is 2. The van der Waals surface area contributed by atoms with Crippen LogP contribution in [0.25, 0.3) is 0 Å². The van der Waals surface area contributed by atoms with Crippen LogP contribution in [0.5, 0.6) is 0 Å². The number of aromatic carboxylic acids is 1. The normalized spacial score (nSPS) is 13.9. The van der Waals surface area contributed by atoms with Crippen LogP contribution in [0.2, 0.25) is 0 Å². The first-order chi connectivity index (χ1) is 11.9. The third-order valence-corrected chi connectivity index (χ3v) is 4.26. The van der Waals surface area contributed by atoms with Gasteiger partial charge in [0.25, 0.3) is 0 Å². The molecular weight excluding hydrogens is 322 g/mol. The number of ether oxygens (including phenoxy) is 1. The summed E-state index contributed by atoms with van der Waals surface area (Å²) < 4.78 is 7.08. The Hall–Kier alpha value is -2.83. The molecule has 1 aliphatic heterocycles. The van der Waals surface area contributed by atoms with E-state index < -0.39 is 5.97 Å². The molecule has 25 heavy (non-hydrogen) atoms. The van der Waals surface area contributed by atoms with Gasteiger partial charge in [-0.3, -0.25) is 0 Å². The first-order valence-electron chi connectivity index (χ1n) is 8.20. The van der Waals surface area contributed by atoms with Crippen LogP contribution in [-0.2, 0) is 24.3 Å². The van der Waals surface area contributed by atoms with Crippen LogP contribution in [0, 0.1) is 13.8 Å². The van der Waals surface area contributed by atoms with Crippen molar-refractivity contribution in [1.29, 1.82) is 0 Å². The van der Waals surface area contributed by atoms with Crippen LogP contribution < -0.4 is 0 Å². The molecule has 1 aliphatic rings. The number of hydrogen-bond acceptors (Lipinski definition) is 4. The van der Waals surface area contributed by atoms with Gasteiger partial charge >= 0.3 is 12.1 Å². The number of imidazole rings is 1. The lowest BCUT2D eigenvalue weighted by molar-refractivity contribution is 0.0684. The van der Waals surface area contributed by atoms with E-state index in [9.17, 15) is 14.7 Å². The predicted molar refractivity (Wildman–Crippen MR) is 90.6 cm³/mol. The fourth-order valence-electron chi connectivity index (χ4n) is 3.17. The van der Waals surface area contributed by atoms with E-state index in [4.69, 9.17) is 4.74 Å². The summed E-state index contributed by atoms with van der Waals surface area (Å²) in [5, 5.41) is 9.19. The van der Waals surface area contributed by atoms with Crippen LogP contribution >= 0.6 is 0 Å². The van der Waals surface area contributed by atoms with Crippen LogP contribution in [-0.4, -0.2) is 44.7 Å². The first kappa shape index (κ1) is 17.0. The minimum atomic E-state index is -1.01. The van der Waals surface area contributed by atoms with E-state index in [-0.39, 0.29) is 18.4 Å². The maximum atomic E-state index is 12.3. The Kier molecular flexibility index (Phi) is 4.74. The van der Waals surface area contributed by atoms with Crippen LogP contribution in [0.15, 0.2) is 24.4 Å². The van der Waals surface area contributed by atoms with E-state index in [1.807, 2.05) is 26.0 Å². The average Bonchev–Trinajstić information content (AvgIpc) is 2.84. The van der Waals surface area contributed by atoms with E-state index in [1.165, 1.54) is 6.20 Å². The van der Waals surface area contributed by atoms with Crippen molar-refractivity contribution in [3.05, 3.63) is 52.6 Å². The number of carbonyl (C=O) groups is 2. The Morgan fingerprint density at radius 1 is 1.16 bits per heavy atom. The van der Waals surface area contributed by atoms with Crippen molar-refractivity contribution in [3.8, 4) is 0 Å². The number of aromatic nitrogens is 2. The topological polar surface area (TPSA) is 84.7 Å². The highest BCUT2D eigenvalue weighted by molar-refractivity contribution is 5.85. The molecule has 2 aromatic rings. The van der Waals surface area contributed by atoms with Crippen molar-refractivity contribution in [2.45, 2.75) is 33.4 Å². The van der Waals surface area contributed by atoms with Crippen LogP contribution in [0.3, 0.4) is 0 Å². The summed E-state index contributed by atoms with van der Waals surface area (Å²) in [6.45, 7) is 5.50. The second kappa shape index (κ2) is 6.96. The zero-order valence-corrected chi connectivity index (χ0v) is 14.4. The van der Waals surface area contributed by atoms with Gasteiger partial charge in [-0.05, 0) is 19.4 Å². The molecule has 0 fully saturated rings. The summed E-state index contributed by atoms with van der Waals surface area (Å²) in [5.41, 5.74) is 3.38. The summed E-state index contributed by atoms with van der Waals surface area (Å²) in [5.74, 6) is -0.327. The highest BCUT2D eigenvalue weighted by atomic mass is 16.6. The number of fused-ring (bicyclic) bond motifs is 1. The van der Waals surface area contributed by atoms with Crippen molar-refractivity contribution < 1.29 is 19.4 Å². The molecule has 3 rings (SSSR count). The van der Waals surface area contributed by atoms with Gasteiger partial charge in [-0.25, -0.2) is 14.6 Å². The minimum Gasteiger partial charge on any atom is -0.477 e.